The number of phenolic OH excluding ortho intramolecular Hbond substituents is 1. The molecule has 5 nitrogen and oxygen atoms in total. The monoisotopic (exact) mass is 426 g/mol. The molecule has 0 fully saturated rings. The highest BCUT2D eigenvalue weighted by atomic mass is 35.5. The first-order valence-electron chi connectivity index (χ1n) is 9.11. The van der Waals surface area contributed by atoms with Crippen molar-refractivity contribution in [2.24, 2.45) is 0 Å². The van der Waals surface area contributed by atoms with E-state index in [1.807, 2.05) is 6.07 Å². The molecular weight excluding hydrogens is 404 g/mol. The molecule has 0 saturated heterocycles. The molecule has 156 valence electrons. The van der Waals surface area contributed by atoms with Crippen molar-refractivity contribution in [2.75, 3.05) is 7.11 Å². The summed E-state index contributed by atoms with van der Waals surface area (Å²) in [7, 11) is 1.46. The van der Waals surface area contributed by atoms with Crippen LogP contribution in [0.3, 0.4) is 0 Å². The summed E-state index contributed by atoms with van der Waals surface area (Å²) >= 11 is 6.13. The number of halogens is 1. The van der Waals surface area contributed by atoms with Crippen molar-refractivity contribution in [1.82, 2.24) is 0 Å². The van der Waals surface area contributed by atoms with Crippen LogP contribution in [-0.2, 0) is 18.0 Å². The number of allylic oxidation sites excluding steroid dienone is 6. The first-order valence-corrected chi connectivity index (χ1v) is 9.49. The Bertz CT molecular complexity index is 1000. The Morgan fingerprint density at radius 3 is 2.33 bits per heavy atom. The lowest BCUT2D eigenvalue weighted by Gasteiger charge is -2.05. The van der Waals surface area contributed by atoms with Crippen molar-refractivity contribution in [3.63, 3.8) is 0 Å². The molecule has 2 aromatic rings. The number of aromatic hydroxyl groups is 1. The molecule has 3 N–H and O–H groups in total. The Hall–Kier alpha value is -3.12. The van der Waals surface area contributed by atoms with Gasteiger partial charge in [0.05, 0.1) is 20.3 Å². The van der Waals surface area contributed by atoms with Gasteiger partial charge in [-0.25, -0.2) is 0 Å². The van der Waals surface area contributed by atoms with E-state index in [9.17, 15) is 20.1 Å². The molecule has 0 saturated carbocycles. The smallest absolute Gasteiger partial charge is 0.178 e. The van der Waals surface area contributed by atoms with Gasteiger partial charge >= 0.3 is 0 Å². The van der Waals surface area contributed by atoms with Crippen molar-refractivity contribution in [3.05, 3.63) is 94.1 Å². The van der Waals surface area contributed by atoms with Crippen LogP contribution in [0.4, 0.5) is 0 Å². The highest BCUT2D eigenvalue weighted by molar-refractivity contribution is 6.31. The average Bonchev–Trinajstić information content (AvgIpc) is 2.76. The minimum atomic E-state index is -0.223. The highest BCUT2D eigenvalue weighted by Crippen LogP contribution is 2.26. The van der Waals surface area contributed by atoms with Crippen LogP contribution in [0, 0.1) is 0 Å². The SMILES string of the molecule is COc1cc(/C=C/C(=O)/C=C/C=C(Cl)/C=C/c2ccc(CO)c(CO)c2)ccc1O. The first-order chi connectivity index (χ1) is 14.5. The summed E-state index contributed by atoms with van der Waals surface area (Å²) in [6.07, 6.45) is 11.0. The summed E-state index contributed by atoms with van der Waals surface area (Å²) < 4.78 is 5.03. The quantitative estimate of drug-likeness (QED) is 0.409. The number of aliphatic hydroxyl groups excluding tert-OH is 2. The number of ketones is 1. The second kappa shape index (κ2) is 11.8. The van der Waals surface area contributed by atoms with Crippen molar-refractivity contribution >= 4 is 29.5 Å². The Labute approximate surface area is 180 Å². The summed E-state index contributed by atoms with van der Waals surface area (Å²) in [5.41, 5.74) is 2.88. The predicted octanol–water partition coefficient (Wildman–Crippen LogP) is 4.36. The van der Waals surface area contributed by atoms with Crippen LogP contribution in [0.1, 0.15) is 22.3 Å². The molecule has 30 heavy (non-hydrogen) atoms. The lowest BCUT2D eigenvalue weighted by atomic mass is 10.0. The van der Waals surface area contributed by atoms with Crippen molar-refractivity contribution in [1.29, 1.82) is 0 Å². The number of methoxy groups -OCH3 is 1. The second-order valence-corrected chi connectivity index (χ2v) is 6.69. The van der Waals surface area contributed by atoms with Crippen LogP contribution in [0.2, 0.25) is 0 Å². The molecule has 0 amide bonds. The fourth-order valence-electron chi connectivity index (χ4n) is 2.55. The number of hydrogen-bond donors (Lipinski definition) is 3. The Morgan fingerprint density at radius 1 is 0.967 bits per heavy atom. The number of hydrogen-bond acceptors (Lipinski definition) is 5. The lowest BCUT2D eigenvalue weighted by molar-refractivity contribution is -0.110. The number of aliphatic hydroxyl groups is 2. The van der Waals surface area contributed by atoms with Gasteiger partial charge in [0.2, 0.25) is 0 Å². The standard InChI is InChI=1S/C24H23ClO5/c1-30-24-14-18(8-12-23(24)29)7-11-22(28)4-2-3-21(25)10-6-17-5-9-19(15-26)20(13-17)16-27/h2-14,26-27,29H,15-16H2,1H3/b4-2+,10-6+,11-7+,21-3-. The van der Waals surface area contributed by atoms with Crippen LogP contribution in [0.15, 0.2) is 71.8 Å². The Kier molecular flexibility index (Phi) is 9.09. The molecule has 0 heterocycles. The molecular formula is C24H23ClO5. The number of carbonyl (C=O) groups excluding carboxylic acids is 1. The second-order valence-electron chi connectivity index (χ2n) is 6.26. The molecule has 0 aliphatic carbocycles. The van der Waals surface area contributed by atoms with E-state index in [-0.39, 0.29) is 24.7 Å². The van der Waals surface area contributed by atoms with Crippen molar-refractivity contribution < 1.29 is 24.9 Å². The van der Waals surface area contributed by atoms with Gasteiger partial charge in [-0.3, -0.25) is 4.79 Å². The van der Waals surface area contributed by atoms with Gasteiger partial charge in [-0.2, -0.15) is 0 Å². The number of benzene rings is 2. The molecule has 0 aliphatic rings. The zero-order valence-corrected chi connectivity index (χ0v) is 17.2. The largest absolute Gasteiger partial charge is 0.504 e. The fourth-order valence-corrected chi connectivity index (χ4v) is 2.68. The third-order valence-electron chi connectivity index (χ3n) is 4.17. The summed E-state index contributed by atoms with van der Waals surface area (Å²) in [4.78, 5) is 11.9. The van der Waals surface area contributed by atoms with Crippen molar-refractivity contribution in [3.8, 4) is 11.5 Å². The van der Waals surface area contributed by atoms with Crippen LogP contribution in [-0.4, -0.2) is 28.2 Å². The van der Waals surface area contributed by atoms with Gasteiger partial charge in [0.25, 0.3) is 0 Å². The van der Waals surface area contributed by atoms with E-state index in [4.69, 9.17) is 16.3 Å². The molecule has 0 unspecified atom stereocenters. The zero-order chi connectivity index (χ0) is 21.9. The summed E-state index contributed by atoms with van der Waals surface area (Å²) in [5.74, 6) is 0.142. The van der Waals surface area contributed by atoms with Gasteiger partial charge in [0, 0.05) is 5.03 Å². The molecule has 0 bridgehead atoms. The Morgan fingerprint density at radius 2 is 1.63 bits per heavy atom. The average molecular weight is 427 g/mol. The molecule has 0 spiro atoms. The lowest BCUT2D eigenvalue weighted by Crippen LogP contribution is -1.94. The van der Waals surface area contributed by atoms with E-state index in [2.05, 4.69) is 0 Å². The number of carbonyl (C=O) groups is 1. The maximum atomic E-state index is 11.9. The molecule has 0 radical (unpaired) electrons. The number of phenols is 1. The third kappa shape index (κ3) is 7.04. The topological polar surface area (TPSA) is 87.0 Å². The van der Waals surface area contributed by atoms with E-state index < -0.39 is 0 Å². The van der Waals surface area contributed by atoms with Crippen molar-refractivity contribution in [2.45, 2.75) is 13.2 Å². The van der Waals surface area contributed by atoms with E-state index >= 15 is 0 Å². The third-order valence-corrected chi connectivity index (χ3v) is 4.42. The van der Waals surface area contributed by atoms with E-state index in [0.29, 0.717) is 21.9 Å². The number of ether oxygens (including phenoxy) is 1. The molecule has 2 rings (SSSR count). The number of rotatable bonds is 9. The summed E-state index contributed by atoms with van der Waals surface area (Å²) in [6, 6.07) is 10.1. The maximum Gasteiger partial charge on any atom is 0.178 e. The van der Waals surface area contributed by atoms with Crippen LogP contribution in [0.25, 0.3) is 12.2 Å². The van der Waals surface area contributed by atoms with Gasteiger partial charge in [0.15, 0.2) is 17.3 Å². The molecule has 6 heteroatoms. The van der Waals surface area contributed by atoms with Gasteiger partial charge in [0.1, 0.15) is 0 Å². The Balaban J connectivity index is 1.97. The highest BCUT2D eigenvalue weighted by Gasteiger charge is 2.01. The van der Waals surface area contributed by atoms with Crippen LogP contribution in [0.5, 0.6) is 11.5 Å². The van der Waals surface area contributed by atoms with Gasteiger partial charge in [-0.05, 0) is 64.8 Å². The molecule has 0 aromatic heterocycles. The first kappa shape index (κ1) is 23.2. The van der Waals surface area contributed by atoms with Crippen LogP contribution < -0.4 is 4.74 Å². The predicted molar refractivity (Wildman–Crippen MR) is 119 cm³/mol. The normalized spacial score (nSPS) is 12.3. The molecule has 2 aromatic carbocycles. The molecule has 0 atom stereocenters. The minimum absolute atomic E-state index is 0.0330. The van der Waals surface area contributed by atoms with E-state index in [0.717, 1.165) is 11.1 Å². The van der Waals surface area contributed by atoms with Gasteiger partial charge < -0.3 is 20.1 Å². The van der Waals surface area contributed by atoms with E-state index in [1.165, 1.54) is 25.3 Å². The van der Waals surface area contributed by atoms with Crippen LogP contribution >= 0.6 is 11.6 Å². The van der Waals surface area contributed by atoms with E-state index in [1.54, 1.807) is 54.6 Å². The zero-order valence-electron chi connectivity index (χ0n) is 16.5. The molecule has 0 aliphatic heterocycles. The minimum Gasteiger partial charge on any atom is -0.504 e. The maximum absolute atomic E-state index is 11.9. The van der Waals surface area contributed by atoms with Gasteiger partial charge in [-0.1, -0.05) is 48.0 Å². The summed E-state index contributed by atoms with van der Waals surface area (Å²) in [6.45, 7) is -0.287. The van der Waals surface area contributed by atoms with Gasteiger partial charge in [-0.15, -0.1) is 0 Å². The fraction of sp³-hybridized carbons (Fsp3) is 0.125. The summed E-state index contributed by atoms with van der Waals surface area (Å²) in [5, 5.41) is 28.6.